The molecule has 0 saturated heterocycles. The number of non-ortho nitro benzene ring substituents is 1. The molecule has 2 unspecified atom stereocenters. The maximum absolute atomic E-state index is 12.5. The lowest BCUT2D eigenvalue weighted by Gasteiger charge is -2.18. The van der Waals surface area contributed by atoms with E-state index in [1.807, 2.05) is 6.92 Å². The molecule has 116 valence electrons. The van der Waals surface area contributed by atoms with Crippen molar-refractivity contribution in [3.63, 3.8) is 0 Å². The predicted molar refractivity (Wildman–Crippen MR) is 78.0 cm³/mol. The lowest BCUT2D eigenvalue weighted by molar-refractivity contribution is -0.385. The zero-order valence-electron chi connectivity index (χ0n) is 11.6. The van der Waals surface area contributed by atoms with Crippen LogP contribution in [-0.2, 0) is 10.0 Å². The van der Waals surface area contributed by atoms with Crippen LogP contribution < -0.4 is 16.0 Å². The van der Waals surface area contributed by atoms with Crippen molar-refractivity contribution in [1.82, 2.24) is 4.72 Å². The standard InChI is InChI=1S/C12H18N4O4S/c1-8-3-2-4-10(8)15-21(19,20)12-7-9(16(17)18)5-6-11(12)14-13/h5-8,10,14-15H,2-4,13H2,1H3. The van der Waals surface area contributed by atoms with Gasteiger partial charge in [-0.1, -0.05) is 13.3 Å². The third-order valence-corrected chi connectivity index (χ3v) is 5.32. The highest BCUT2D eigenvalue weighted by atomic mass is 32.2. The Hall–Kier alpha value is -1.71. The van der Waals surface area contributed by atoms with Gasteiger partial charge in [0.25, 0.3) is 5.69 Å². The summed E-state index contributed by atoms with van der Waals surface area (Å²) in [5.41, 5.74) is 2.09. The van der Waals surface area contributed by atoms with Crippen molar-refractivity contribution in [3.05, 3.63) is 28.3 Å². The average molecular weight is 314 g/mol. The maximum atomic E-state index is 12.5. The van der Waals surface area contributed by atoms with Crippen molar-refractivity contribution in [3.8, 4) is 0 Å². The molecule has 2 atom stereocenters. The number of anilines is 1. The van der Waals surface area contributed by atoms with Crippen LogP contribution in [0.4, 0.5) is 11.4 Å². The number of hydrogen-bond donors (Lipinski definition) is 3. The summed E-state index contributed by atoms with van der Waals surface area (Å²) >= 11 is 0. The van der Waals surface area contributed by atoms with Gasteiger partial charge in [-0.2, -0.15) is 0 Å². The first-order valence-electron chi connectivity index (χ1n) is 6.62. The number of nitrogens with one attached hydrogen (secondary N) is 2. The van der Waals surface area contributed by atoms with E-state index in [0.717, 1.165) is 25.3 Å². The Bertz CT molecular complexity index is 647. The number of sulfonamides is 1. The number of nitrogens with two attached hydrogens (primary N) is 1. The van der Waals surface area contributed by atoms with Crippen LogP contribution in [0.1, 0.15) is 26.2 Å². The van der Waals surface area contributed by atoms with Crippen LogP contribution in [0.5, 0.6) is 0 Å². The van der Waals surface area contributed by atoms with Crippen molar-refractivity contribution in [1.29, 1.82) is 0 Å². The highest BCUT2D eigenvalue weighted by molar-refractivity contribution is 7.89. The van der Waals surface area contributed by atoms with Crippen molar-refractivity contribution in [2.75, 3.05) is 5.43 Å². The minimum absolute atomic E-state index is 0.124. The zero-order chi connectivity index (χ0) is 15.6. The zero-order valence-corrected chi connectivity index (χ0v) is 12.4. The molecule has 1 aliphatic rings. The minimum atomic E-state index is -3.87. The van der Waals surface area contributed by atoms with Gasteiger partial charge in [0.1, 0.15) is 4.90 Å². The smallest absolute Gasteiger partial charge is 0.270 e. The normalized spacial score (nSPS) is 22.2. The number of hydrazine groups is 1. The molecule has 1 fully saturated rings. The van der Waals surface area contributed by atoms with Gasteiger partial charge in [0.15, 0.2) is 0 Å². The number of nitrogen functional groups attached to an aromatic ring is 1. The van der Waals surface area contributed by atoms with Crippen LogP contribution >= 0.6 is 0 Å². The Kier molecular flexibility index (Phi) is 4.45. The minimum Gasteiger partial charge on any atom is -0.323 e. The largest absolute Gasteiger partial charge is 0.323 e. The molecular weight excluding hydrogens is 296 g/mol. The first kappa shape index (κ1) is 15.7. The van der Waals surface area contributed by atoms with E-state index in [4.69, 9.17) is 5.84 Å². The van der Waals surface area contributed by atoms with Gasteiger partial charge in [-0.05, 0) is 24.8 Å². The summed E-state index contributed by atoms with van der Waals surface area (Å²) in [6, 6.07) is 3.34. The van der Waals surface area contributed by atoms with Crippen LogP contribution in [0.2, 0.25) is 0 Å². The molecule has 8 nitrogen and oxygen atoms in total. The Labute approximate surface area is 122 Å². The molecule has 0 bridgehead atoms. The second-order valence-electron chi connectivity index (χ2n) is 5.22. The highest BCUT2D eigenvalue weighted by Crippen LogP contribution is 2.29. The van der Waals surface area contributed by atoms with Gasteiger partial charge in [-0.15, -0.1) is 0 Å². The fourth-order valence-electron chi connectivity index (χ4n) is 2.55. The van der Waals surface area contributed by atoms with Gasteiger partial charge in [0.2, 0.25) is 10.0 Å². The third kappa shape index (κ3) is 3.31. The van der Waals surface area contributed by atoms with Crippen LogP contribution in [0, 0.1) is 16.0 Å². The number of rotatable bonds is 5. The Morgan fingerprint density at radius 2 is 2.10 bits per heavy atom. The molecule has 1 aromatic carbocycles. The molecule has 21 heavy (non-hydrogen) atoms. The Morgan fingerprint density at radius 3 is 2.62 bits per heavy atom. The van der Waals surface area contributed by atoms with Crippen LogP contribution in [0.3, 0.4) is 0 Å². The number of nitro groups is 1. The molecule has 2 rings (SSSR count). The van der Waals surface area contributed by atoms with E-state index in [0.29, 0.717) is 0 Å². The number of benzene rings is 1. The second-order valence-corrected chi connectivity index (χ2v) is 6.90. The van der Waals surface area contributed by atoms with E-state index in [1.165, 1.54) is 12.1 Å². The van der Waals surface area contributed by atoms with Gasteiger partial charge >= 0.3 is 0 Å². The summed E-state index contributed by atoms with van der Waals surface area (Å²) in [5.74, 6) is 5.54. The van der Waals surface area contributed by atoms with Crippen LogP contribution in [0.25, 0.3) is 0 Å². The molecule has 4 N–H and O–H groups in total. The molecular formula is C12H18N4O4S. The van der Waals surface area contributed by atoms with E-state index in [1.54, 1.807) is 0 Å². The van der Waals surface area contributed by atoms with E-state index < -0.39 is 14.9 Å². The average Bonchev–Trinajstić information content (AvgIpc) is 2.82. The Morgan fingerprint density at radius 1 is 1.38 bits per heavy atom. The lowest BCUT2D eigenvalue weighted by Crippen LogP contribution is -2.36. The highest BCUT2D eigenvalue weighted by Gasteiger charge is 2.30. The van der Waals surface area contributed by atoms with Crippen molar-refractivity contribution < 1.29 is 13.3 Å². The van der Waals surface area contributed by atoms with E-state index >= 15 is 0 Å². The monoisotopic (exact) mass is 314 g/mol. The van der Waals surface area contributed by atoms with Crippen LogP contribution in [-0.4, -0.2) is 19.4 Å². The van der Waals surface area contributed by atoms with E-state index in [-0.39, 0.29) is 28.2 Å². The molecule has 1 aromatic rings. The molecule has 0 aliphatic heterocycles. The van der Waals surface area contributed by atoms with Gasteiger partial charge in [0.05, 0.1) is 10.6 Å². The first-order chi connectivity index (χ1) is 9.85. The van der Waals surface area contributed by atoms with Crippen molar-refractivity contribution in [2.45, 2.75) is 37.1 Å². The van der Waals surface area contributed by atoms with Gasteiger partial charge in [-0.3, -0.25) is 16.0 Å². The lowest BCUT2D eigenvalue weighted by atomic mass is 10.1. The number of hydrogen-bond acceptors (Lipinski definition) is 6. The van der Waals surface area contributed by atoms with Crippen LogP contribution in [0.15, 0.2) is 23.1 Å². The third-order valence-electron chi connectivity index (χ3n) is 3.79. The summed E-state index contributed by atoms with van der Waals surface area (Å²) < 4.78 is 27.5. The Balaban J connectivity index is 2.38. The maximum Gasteiger partial charge on any atom is 0.270 e. The molecule has 0 radical (unpaired) electrons. The molecule has 0 amide bonds. The molecule has 0 heterocycles. The predicted octanol–water partition coefficient (Wildman–Crippen LogP) is 1.35. The van der Waals surface area contributed by atoms with E-state index in [2.05, 4.69) is 10.1 Å². The molecule has 9 heteroatoms. The SMILES string of the molecule is CC1CCCC1NS(=O)(=O)c1cc([N+](=O)[O-])ccc1NN. The summed E-state index contributed by atoms with van der Waals surface area (Å²) in [6.07, 6.45) is 2.69. The van der Waals surface area contributed by atoms with E-state index in [9.17, 15) is 18.5 Å². The number of nitrogens with zero attached hydrogens (tertiary/aromatic N) is 1. The molecule has 0 aromatic heterocycles. The fourth-order valence-corrected chi connectivity index (χ4v) is 4.12. The van der Waals surface area contributed by atoms with Gasteiger partial charge in [-0.25, -0.2) is 13.1 Å². The van der Waals surface area contributed by atoms with Gasteiger partial charge < -0.3 is 5.43 Å². The summed E-state index contributed by atoms with van der Waals surface area (Å²) in [7, 11) is -3.87. The fraction of sp³-hybridized carbons (Fsp3) is 0.500. The second kappa shape index (κ2) is 5.96. The summed E-state index contributed by atoms with van der Waals surface area (Å²) in [4.78, 5) is 9.96. The molecule has 0 spiro atoms. The van der Waals surface area contributed by atoms with Gasteiger partial charge in [0, 0.05) is 18.2 Å². The number of nitro benzene ring substituents is 1. The topological polar surface area (TPSA) is 127 Å². The first-order valence-corrected chi connectivity index (χ1v) is 8.11. The quantitative estimate of drug-likeness (QED) is 0.427. The molecule has 1 saturated carbocycles. The molecule has 1 aliphatic carbocycles. The summed E-state index contributed by atoms with van der Waals surface area (Å²) in [6.45, 7) is 1.98. The van der Waals surface area contributed by atoms with Crippen molar-refractivity contribution in [2.24, 2.45) is 11.8 Å². The summed E-state index contributed by atoms with van der Waals surface area (Å²) in [5, 5.41) is 10.8. The van der Waals surface area contributed by atoms with Crippen molar-refractivity contribution >= 4 is 21.4 Å².